The number of nitrogens with one attached hydrogen (secondary N) is 2. The fourth-order valence-corrected chi connectivity index (χ4v) is 7.81. The largest absolute Gasteiger partial charge is 0.360 e. The van der Waals surface area contributed by atoms with E-state index in [9.17, 15) is 0 Å². The van der Waals surface area contributed by atoms with Gasteiger partial charge in [-0.3, -0.25) is 9.56 Å². The summed E-state index contributed by atoms with van der Waals surface area (Å²) in [7, 11) is 0. The van der Waals surface area contributed by atoms with Crippen molar-refractivity contribution in [3.8, 4) is 27.9 Å². The van der Waals surface area contributed by atoms with E-state index in [4.69, 9.17) is 4.99 Å². The lowest BCUT2D eigenvalue weighted by Crippen LogP contribution is -2.24. The normalized spacial score (nSPS) is 14.4. The van der Waals surface area contributed by atoms with Crippen molar-refractivity contribution >= 4 is 29.0 Å². The van der Waals surface area contributed by atoms with Crippen LogP contribution in [0.5, 0.6) is 0 Å². The highest BCUT2D eigenvalue weighted by Crippen LogP contribution is 2.39. The van der Waals surface area contributed by atoms with Crippen LogP contribution in [0.4, 0.5) is 11.5 Å². The maximum absolute atomic E-state index is 5.19. The molecule has 9 rings (SSSR count). The fourth-order valence-electron chi connectivity index (χ4n) is 7.81. The van der Waals surface area contributed by atoms with Crippen molar-refractivity contribution < 1.29 is 0 Å². The van der Waals surface area contributed by atoms with E-state index in [0.717, 1.165) is 75.7 Å². The SMILES string of the molecule is CC.CCc1c2c(n(-c3ccc(-c4cc(C5=CC(c6ccccc6)=NC(c6ccccc6)N5)cc(-c5ccccc5)c4)cc3)c1Nc1ccccc1)C=CCC2. The second kappa shape index (κ2) is 16.8. The summed E-state index contributed by atoms with van der Waals surface area (Å²) < 4.78 is 2.41. The third-order valence-electron chi connectivity index (χ3n) is 10.5. The Labute approximate surface area is 331 Å². The molecule has 0 bridgehead atoms. The van der Waals surface area contributed by atoms with Gasteiger partial charge in [0.1, 0.15) is 12.0 Å². The fraction of sp³-hybridized carbons (Fsp3) is 0.135. The molecule has 7 aromatic rings. The second-order valence-corrected chi connectivity index (χ2v) is 13.9. The van der Waals surface area contributed by atoms with Gasteiger partial charge in [-0.25, -0.2) is 0 Å². The average molecular weight is 729 g/mol. The van der Waals surface area contributed by atoms with Crippen molar-refractivity contribution in [3.63, 3.8) is 0 Å². The van der Waals surface area contributed by atoms with E-state index in [2.05, 4.69) is 204 Å². The van der Waals surface area contributed by atoms with Crippen LogP contribution in [0.3, 0.4) is 0 Å². The number of nitrogens with zero attached hydrogens (tertiary/aromatic N) is 2. The first-order chi connectivity index (χ1) is 27.7. The van der Waals surface area contributed by atoms with Crippen molar-refractivity contribution in [1.82, 2.24) is 9.88 Å². The summed E-state index contributed by atoms with van der Waals surface area (Å²) in [6.07, 6.45) is 9.70. The lowest BCUT2D eigenvalue weighted by molar-refractivity contribution is 0.664. The molecule has 6 aromatic carbocycles. The number of rotatable bonds is 9. The Kier molecular flexibility index (Phi) is 10.9. The molecule has 1 atom stereocenters. The molecule has 1 unspecified atom stereocenters. The molecule has 0 amide bonds. The molecule has 1 aliphatic carbocycles. The zero-order chi connectivity index (χ0) is 38.3. The molecule has 2 aliphatic rings. The standard InChI is InChI=1S/C50H42N4.C2H6/c1-2-44-45-25-15-16-26-48(45)54(50(44)51-42-23-13-6-14-24-42)43-29-27-36(28-30-43)40-31-39(35-17-7-3-8-18-35)32-41(33-40)47-34-46(37-19-9-4-10-20-37)52-49(53-47)38-21-11-5-12-22-38;1-2/h3-14,16-24,26-34,49,51,53H,2,15,25H2,1H3;1-2H3. The molecule has 0 saturated heterocycles. The smallest absolute Gasteiger partial charge is 0.145 e. The Hall–Kier alpha value is -6.65. The predicted octanol–water partition coefficient (Wildman–Crippen LogP) is 13.2. The minimum Gasteiger partial charge on any atom is -0.360 e. The molecule has 1 aromatic heterocycles. The van der Waals surface area contributed by atoms with E-state index in [1.807, 2.05) is 13.8 Å². The zero-order valence-electron chi connectivity index (χ0n) is 32.4. The molecule has 0 radical (unpaired) electrons. The van der Waals surface area contributed by atoms with Gasteiger partial charge >= 0.3 is 0 Å². The molecule has 276 valence electrons. The molecule has 2 N–H and O–H groups in total. The Bertz CT molecular complexity index is 2490. The van der Waals surface area contributed by atoms with Crippen LogP contribution < -0.4 is 10.6 Å². The summed E-state index contributed by atoms with van der Waals surface area (Å²) in [5.41, 5.74) is 16.4. The number of hydrogen-bond donors (Lipinski definition) is 2. The monoisotopic (exact) mass is 728 g/mol. The molecule has 4 heteroatoms. The number of hydrogen-bond acceptors (Lipinski definition) is 3. The van der Waals surface area contributed by atoms with Gasteiger partial charge in [0, 0.05) is 17.1 Å². The molecule has 56 heavy (non-hydrogen) atoms. The van der Waals surface area contributed by atoms with E-state index >= 15 is 0 Å². The molecule has 0 fully saturated rings. The van der Waals surface area contributed by atoms with Gasteiger partial charge in [-0.05, 0) is 124 Å². The topological polar surface area (TPSA) is 41.4 Å². The van der Waals surface area contributed by atoms with Gasteiger partial charge in [0.25, 0.3) is 0 Å². The van der Waals surface area contributed by atoms with E-state index in [1.54, 1.807) is 0 Å². The van der Waals surface area contributed by atoms with Crippen LogP contribution in [0.1, 0.15) is 66.9 Å². The lowest BCUT2D eigenvalue weighted by Gasteiger charge is -2.25. The molecular weight excluding hydrogens is 681 g/mol. The van der Waals surface area contributed by atoms with Gasteiger partial charge in [-0.1, -0.05) is 148 Å². The number of allylic oxidation sites excluding steroid dienone is 2. The highest BCUT2D eigenvalue weighted by molar-refractivity contribution is 6.13. The van der Waals surface area contributed by atoms with Crippen LogP contribution in [0.25, 0.3) is 39.7 Å². The molecule has 1 aliphatic heterocycles. The summed E-state index contributed by atoms with van der Waals surface area (Å²) >= 11 is 0. The Balaban J connectivity index is 0.00000217. The number of fused-ring (bicyclic) bond motifs is 1. The maximum atomic E-state index is 5.19. The van der Waals surface area contributed by atoms with Gasteiger partial charge in [0.15, 0.2) is 0 Å². The van der Waals surface area contributed by atoms with Crippen LogP contribution in [0.2, 0.25) is 0 Å². The Morgan fingerprint density at radius 3 is 1.86 bits per heavy atom. The van der Waals surface area contributed by atoms with Crippen molar-refractivity contribution in [1.29, 1.82) is 0 Å². The Morgan fingerprint density at radius 1 is 0.643 bits per heavy atom. The summed E-state index contributed by atoms with van der Waals surface area (Å²) in [4.78, 5) is 5.19. The molecule has 2 heterocycles. The number of benzene rings is 6. The van der Waals surface area contributed by atoms with E-state index in [0.29, 0.717) is 0 Å². The van der Waals surface area contributed by atoms with Gasteiger partial charge < -0.3 is 10.6 Å². The van der Waals surface area contributed by atoms with Crippen molar-refractivity contribution in [3.05, 3.63) is 209 Å². The third-order valence-corrected chi connectivity index (χ3v) is 10.5. The van der Waals surface area contributed by atoms with E-state index < -0.39 is 0 Å². The van der Waals surface area contributed by atoms with Gasteiger partial charge in [-0.2, -0.15) is 0 Å². The molecule has 4 nitrogen and oxygen atoms in total. The summed E-state index contributed by atoms with van der Waals surface area (Å²) in [5.74, 6) is 1.15. The number of anilines is 2. The summed E-state index contributed by atoms with van der Waals surface area (Å²) in [6.45, 7) is 6.27. The molecular formula is C52H48N4. The third kappa shape index (κ3) is 7.51. The predicted molar refractivity (Wildman–Crippen MR) is 238 cm³/mol. The van der Waals surface area contributed by atoms with Gasteiger partial charge in [-0.15, -0.1) is 0 Å². The maximum Gasteiger partial charge on any atom is 0.145 e. The molecule has 0 saturated carbocycles. The molecule has 0 spiro atoms. The first-order valence-corrected chi connectivity index (χ1v) is 19.9. The summed E-state index contributed by atoms with van der Waals surface area (Å²) in [5, 5.41) is 7.59. The minimum atomic E-state index is -0.210. The second-order valence-electron chi connectivity index (χ2n) is 13.9. The highest BCUT2D eigenvalue weighted by Gasteiger charge is 2.24. The van der Waals surface area contributed by atoms with Crippen LogP contribution in [0, 0.1) is 0 Å². The van der Waals surface area contributed by atoms with Crippen LogP contribution in [-0.4, -0.2) is 10.3 Å². The first-order valence-electron chi connectivity index (χ1n) is 19.9. The van der Waals surface area contributed by atoms with Crippen LogP contribution >= 0.6 is 0 Å². The quantitative estimate of drug-likeness (QED) is 0.155. The van der Waals surface area contributed by atoms with E-state index in [-0.39, 0.29) is 6.17 Å². The van der Waals surface area contributed by atoms with Crippen molar-refractivity contribution in [2.45, 2.75) is 46.2 Å². The lowest BCUT2D eigenvalue weighted by atomic mass is 9.93. The summed E-state index contributed by atoms with van der Waals surface area (Å²) in [6, 6.07) is 58.2. The van der Waals surface area contributed by atoms with Crippen molar-refractivity contribution in [2.75, 3.05) is 5.32 Å². The highest BCUT2D eigenvalue weighted by atomic mass is 15.1. The number of aliphatic imine (C=N–C) groups is 1. The Morgan fingerprint density at radius 2 is 1.21 bits per heavy atom. The first kappa shape index (κ1) is 36.3. The van der Waals surface area contributed by atoms with Gasteiger partial charge in [0.05, 0.1) is 11.4 Å². The minimum absolute atomic E-state index is 0.210. The number of aromatic nitrogens is 1. The van der Waals surface area contributed by atoms with Crippen LogP contribution in [0.15, 0.2) is 181 Å². The van der Waals surface area contributed by atoms with E-state index in [1.165, 1.54) is 27.9 Å². The van der Waals surface area contributed by atoms with Gasteiger partial charge in [0.2, 0.25) is 0 Å². The van der Waals surface area contributed by atoms with Crippen molar-refractivity contribution in [2.24, 2.45) is 4.99 Å². The number of para-hydroxylation sites is 1. The average Bonchev–Trinajstić information content (AvgIpc) is 3.60. The van der Waals surface area contributed by atoms with Crippen LogP contribution in [-0.2, 0) is 12.8 Å². The zero-order valence-corrected chi connectivity index (χ0v) is 32.4.